The molecular weight excluding hydrogens is 280 g/mol. The predicted molar refractivity (Wildman–Crippen MR) is 80.6 cm³/mol. The van der Waals surface area contributed by atoms with Crippen molar-refractivity contribution < 1.29 is 4.79 Å². The summed E-state index contributed by atoms with van der Waals surface area (Å²) in [7, 11) is 0. The Morgan fingerprint density at radius 1 is 1.47 bits per heavy atom. The zero-order chi connectivity index (χ0) is 13.7. The molecule has 1 atom stereocenters. The molecule has 0 saturated carbocycles. The summed E-state index contributed by atoms with van der Waals surface area (Å²) in [6.07, 6.45) is 2.59. The average Bonchev–Trinajstić information content (AvgIpc) is 2.41. The Bertz CT molecular complexity index is 441. The SMILES string of the molecule is NC1CCCN(C(=O)CCSc2ccccc2Cl)C1. The van der Waals surface area contributed by atoms with Crippen LogP contribution in [-0.2, 0) is 4.79 Å². The Morgan fingerprint density at radius 2 is 2.26 bits per heavy atom. The Balaban J connectivity index is 1.76. The average molecular weight is 299 g/mol. The molecule has 19 heavy (non-hydrogen) atoms. The molecule has 1 saturated heterocycles. The third-order valence-electron chi connectivity index (χ3n) is 3.22. The number of amides is 1. The molecule has 1 aliphatic heterocycles. The summed E-state index contributed by atoms with van der Waals surface area (Å²) in [4.78, 5) is 15.0. The van der Waals surface area contributed by atoms with Gasteiger partial charge >= 0.3 is 0 Å². The molecule has 5 heteroatoms. The van der Waals surface area contributed by atoms with E-state index >= 15 is 0 Å². The van der Waals surface area contributed by atoms with E-state index in [0.717, 1.165) is 35.1 Å². The third kappa shape index (κ3) is 4.41. The number of rotatable bonds is 4. The first kappa shape index (κ1) is 14.7. The maximum Gasteiger partial charge on any atom is 0.223 e. The van der Waals surface area contributed by atoms with E-state index in [-0.39, 0.29) is 11.9 Å². The first-order valence-electron chi connectivity index (χ1n) is 6.57. The third-order valence-corrected chi connectivity index (χ3v) is 4.74. The smallest absolute Gasteiger partial charge is 0.223 e. The molecule has 104 valence electrons. The lowest BCUT2D eigenvalue weighted by Gasteiger charge is -2.30. The van der Waals surface area contributed by atoms with Gasteiger partial charge in [-0.15, -0.1) is 11.8 Å². The van der Waals surface area contributed by atoms with Crippen molar-refractivity contribution in [3.05, 3.63) is 29.3 Å². The standard InChI is InChI=1S/C14H19ClN2OS/c15-12-5-1-2-6-13(12)19-9-7-14(18)17-8-3-4-11(16)10-17/h1-2,5-6,11H,3-4,7-10,16H2. The zero-order valence-electron chi connectivity index (χ0n) is 10.8. The van der Waals surface area contributed by atoms with E-state index < -0.39 is 0 Å². The van der Waals surface area contributed by atoms with Gasteiger partial charge in [0.05, 0.1) is 5.02 Å². The summed E-state index contributed by atoms with van der Waals surface area (Å²) in [6.45, 7) is 1.55. The Labute approximate surface area is 123 Å². The van der Waals surface area contributed by atoms with Crippen LogP contribution >= 0.6 is 23.4 Å². The lowest BCUT2D eigenvalue weighted by molar-refractivity contribution is -0.131. The van der Waals surface area contributed by atoms with Crippen molar-refractivity contribution in [1.29, 1.82) is 0 Å². The molecule has 3 nitrogen and oxygen atoms in total. The summed E-state index contributed by atoms with van der Waals surface area (Å²) in [5.74, 6) is 0.962. The van der Waals surface area contributed by atoms with Crippen LogP contribution in [0.3, 0.4) is 0 Å². The van der Waals surface area contributed by atoms with E-state index in [0.29, 0.717) is 13.0 Å². The molecule has 1 amide bonds. The summed E-state index contributed by atoms with van der Waals surface area (Å²) < 4.78 is 0. The highest BCUT2D eigenvalue weighted by molar-refractivity contribution is 7.99. The molecule has 1 heterocycles. The number of likely N-dealkylation sites (tertiary alicyclic amines) is 1. The number of thioether (sulfide) groups is 1. The van der Waals surface area contributed by atoms with E-state index in [9.17, 15) is 4.79 Å². The molecule has 1 fully saturated rings. The Hall–Kier alpha value is -0.710. The highest BCUT2D eigenvalue weighted by atomic mass is 35.5. The fourth-order valence-corrected chi connectivity index (χ4v) is 3.38. The van der Waals surface area contributed by atoms with Gasteiger partial charge in [-0.1, -0.05) is 23.7 Å². The van der Waals surface area contributed by atoms with Gasteiger partial charge in [-0.3, -0.25) is 4.79 Å². The first-order valence-corrected chi connectivity index (χ1v) is 7.94. The molecular formula is C14H19ClN2OS. The van der Waals surface area contributed by atoms with Gasteiger partial charge in [0.2, 0.25) is 5.91 Å². The summed E-state index contributed by atoms with van der Waals surface area (Å²) in [5.41, 5.74) is 5.89. The van der Waals surface area contributed by atoms with Crippen LogP contribution < -0.4 is 5.73 Å². The largest absolute Gasteiger partial charge is 0.341 e. The van der Waals surface area contributed by atoms with Crippen molar-refractivity contribution >= 4 is 29.3 Å². The van der Waals surface area contributed by atoms with E-state index in [1.165, 1.54) is 0 Å². The van der Waals surface area contributed by atoms with Crippen LogP contribution in [0.25, 0.3) is 0 Å². The van der Waals surface area contributed by atoms with Crippen molar-refractivity contribution in [2.45, 2.75) is 30.2 Å². The zero-order valence-corrected chi connectivity index (χ0v) is 12.4. The van der Waals surface area contributed by atoms with Gasteiger partial charge in [0.15, 0.2) is 0 Å². The van der Waals surface area contributed by atoms with E-state index in [1.807, 2.05) is 29.2 Å². The van der Waals surface area contributed by atoms with Gasteiger partial charge in [-0.05, 0) is 25.0 Å². The van der Waals surface area contributed by atoms with Crippen molar-refractivity contribution in [3.63, 3.8) is 0 Å². The highest BCUT2D eigenvalue weighted by Crippen LogP contribution is 2.27. The van der Waals surface area contributed by atoms with E-state index in [2.05, 4.69) is 0 Å². The number of hydrogen-bond acceptors (Lipinski definition) is 3. The maximum absolute atomic E-state index is 12.0. The lowest BCUT2D eigenvalue weighted by Crippen LogP contribution is -2.45. The molecule has 0 radical (unpaired) electrons. The van der Waals surface area contributed by atoms with Crippen LogP contribution in [-0.4, -0.2) is 35.7 Å². The molecule has 1 aliphatic rings. The number of hydrogen-bond donors (Lipinski definition) is 1. The van der Waals surface area contributed by atoms with Gasteiger partial charge in [0.25, 0.3) is 0 Å². The summed E-state index contributed by atoms with van der Waals surface area (Å²) in [5, 5.41) is 0.750. The molecule has 1 aromatic carbocycles. The maximum atomic E-state index is 12.0. The lowest BCUT2D eigenvalue weighted by atomic mass is 10.1. The molecule has 1 unspecified atom stereocenters. The first-order chi connectivity index (χ1) is 9.16. The number of benzene rings is 1. The quantitative estimate of drug-likeness (QED) is 0.870. The van der Waals surface area contributed by atoms with Gasteiger partial charge < -0.3 is 10.6 Å². The molecule has 0 spiro atoms. The number of carbonyl (C=O) groups is 1. The second kappa shape index (κ2) is 7.17. The molecule has 2 rings (SSSR count). The topological polar surface area (TPSA) is 46.3 Å². The van der Waals surface area contributed by atoms with Gasteiger partial charge in [0.1, 0.15) is 0 Å². The van der Waals surface area contributed by atoms with E-state index in [4.69, 9.17) is 17.3 Å². The van der Waals surface area contributed by atoms with Crippen LogP contribution in [0.2, 0.25) is 5.02 Å². The normalized spacial score (nSPS) is 19.5. The number of piperidine rings is 1. The van der Waals surface area contributed by atoms with Crippen LogP contribution in [0.5, 0.6) is 0 Å². The fourth-order valence-electron chi connectivity index (χ4n) is 2.20. The minimum Gasteiger partial charge on any atom is -0.341 e. The summed E-state index contributed by atoms with van der Waals surface area (Å²) >= 11 is 7.70. The monoisotopic (exact) mass is 298 g/mol. The number of nitrogens with zero attached hydrogens (tertiary/aromatic N) is 1. The van der Waals surface area contributed by atoms with E-state index in [1.54, 1.807) is 11.8 Å². The van der Waals surface area contributed by atoms with Crippen LogP contribution in [0.4, 0.5) is 0 Å². The van der Waals surface area contributed by atoms with Crippen LogP contribution in [0, 0.1) is 0 Å². The molecule has 0 aliphatic carbocycles. The van der Waals surface area contributed by atoms with Gasteiger partial charge in [-0.2, -0.15) is 0 Å². The van der Waals surface area contributed by atoms with Gasteiger partial charge in [0, 0.05) is 36.2 Å². The Morgan fingerprint density at radius 3 is 3.00 bits per heavy atom. The van der Waals surface area contributed by atoms with Gasteiger partial charge in [-0.25, -0.2) is 0 Å². The fraction of sp³-hybridized carbons (Fsp3) is 0.500. The van der Waals surface area contributed by atoms with Crippen molar-refractivity contribution in [1.82, 2.24) is 4.90 Å². The molecule has 0 bridgehead atoms. The number of nitrogens with two attached hydrogens (primary N) is 1. The minimum atomic E-state index is 0.147. The second-order valence-electron chi connectivity index (χ2n) is 4.77. The molecule has 1 aromatic rings. The van der Waals surface area contributed by atoms with Crippen LogP contribution in [0.1, 0.15) is 19.3 Å². The molecule has 0 aromatic heterocycles. The highest BCUT2D eigenvalue weighted by Gasteiger charge is 2.20. The van der Waals surface area contributed by atoms with Crippen LogP contribution in [0.15, 0.2) is 29.2 Å². The van der Waals surface area contributed by atoms with Crippen molar-refractivity contribution in [2.24, 2.45) is 5.73 Å². The van der Waals surface area contributed by atoms with Crippen molar-refractivity contribution in [2.75, 3.05) is 18.8 Å². The van der Waals surface area contributed by atoms with Crippen molar-refractivity contribution in [3.8, 4) is 0 Å². The number of halogens is 1. The predicted octanol–water partition coefficient (Wildman–Crippen LogP) is 2.77. The number of carbonyl (C=O) groups excluding carboxylic acids is 1. The Kier molecular flexibility index (Phi) is 5.55. The second-order valence-corrected chi connectivity index (χ2v) is 6.31. The summed E-state index contributed by atoms with van der Waals surface area (Å²) in [6, 6.07) is 7.87. The minimum absolute atomic E-state index is 0.147. The molecule has 2 N–H and O–H groups in total.